The first-order valence-corrected chi connectivity index (χ1v) is 7.19. The average Bonchev–Trinajstić information content (AvgIpc) is 3.06. The molecule has 6 heteroatoms. The van der Waals surface area contributed by atoms with Crippen LogP contribution in [0.4, 0.5) is 0 Å². The van der Waals surface area contributed by atoms with Gasteiger partial charge < -0.3 is 14.7 Å². The molecule has 19 heavy (non-hydrogen) atoms. The molecule has 102 valence electrons. The minimum absolute atomic E-state index is 0.123. The van der Waals surface area contributed by atoms with E-state index in [2.05, 4.69) is 0 Å². The second-order valence-electron chi connectivity index (χ2n) is 5.01. The lowest BCUT2D eigenvalue weighted by Gasteiger charge is -2.34. The van der Waals surface area contributed by atoms with Crippen LogP contribution in [0.1, 0.15) is 23.8 Å². The van der Waals surface area contributed by atoms with Crippen molar-refractivity contribution < 1.29 is 19.4 Å². The lowest BCUT2D eigenvalue weighted by molar-refractivity contribution is -0.157. The molecule has 1 aliphatic carbocycles. The Labute approximate surface area is 114 Å². The molecule has 2 heterocycles. The van der Waals surface area contributed by atoms with Crippen LogP contribution in [-0.4, -0.2) is 41.6 Å². The van der Waals surface area contributed by atoms with Gasteiger partial charge in [-0.1, -0.05) is 6.07 Å². The van der Waals surface area contributed by atoms with Crippen LogP contribution < -0.4 is 0 Å². The van der Waals surface area contributed by atoms with Gasteiger partial charge >= 0.3 is 5.97 Å². The second-order valence-corrected chi connectivity index (χ2v) is 5.99. The number of thiophene rings is 1. The Hall–Kier alpha value is -1.40. The van der Waals surface area contributed by atoms with E-state index >= 15 is 0 Å². The standard InChI is InChI=1S/C13H15NO4S/c15-11(13(3-4-13)12(16)17)14-5-6-18-9(8-14)10-2-1-7-19-10/h1-2,7,9H,3-6,8H2,(H,16,17)/t9-/m0/s1. The molecule has 1 aliphatic heterocycles. The van der Waals surface area contributed by atoms with Gasteiger partial charge in [0.05, 0.1) is 13.2 Å². The maximum absolute atomic E-state index is 12.3. The summed E-state index contributed by atoms with van der Waals surface area (Å²) in [5.41, 5.74) is -1.14. The molecule has 1 saturated heterocycles. The SMILES string of the molecule is O=C(O)C1(C(=O)N2CCO[C@H](c3cccs3)C2)CC1. The van der Waals surface area contributed by atoms with E-state index in [0.717, 1.165) is 4.88 Å². The molecular formula is C13H15NO4S. The molecule has 0 unspecified atom stereocenters. The van der Waals surface area contributed by atoms with Gasteiger partial charge in [0.25, 0.3) is 0 Å². The number of carbonyl (C=O) groups is 2. The van der Waals surface area contributed by atoms with Crippen LogP contribution >= 0.6 is 11.3 Å². The van der Waals surface area contributed by atoms with Gasteiger partial charge in [0.15, 0.2) is 0 Å². The summed E-state index contributed by atoms with van der Waals surface area (Å²) in [6, 6.07) is 3.93. The highest BCUT2D eigenvalue weighted by Gasteiger charge is 2.58. The highest BCUT2D eigenvalue weighted by atomic mass is 32.1. The van der Waals surface area contributed by atoms with Crippen LogP contribution in [0.15, 0.2) is 17.5 Å². The smallest absolute Gasteiger partial charge is 0.319 e. The minimum Gasteiger partial charge on any atom is -0.480 e. The van der Waals surface area contributed by atoms with Crippen LogP contribution in [-0.2, 0) is 14.3 Å². The monoisotopic (exact) mass is 281 g/mol. The number of hydrogen-bond donors (Lipinski definition) is 1. The van der Waals surface area contributed by atoms with Crippen molar-refractivity contribution in [2.45, 2.75) is 18.9 Å². The van der Waals surface area contributed by atoms with E-state index in [1.807, 2.05) is 17.5 Å². The lowest BCUT2D eigenvalue weighted by Crippen LogP contribution is -2.47. The fraction of sp³-hybridized carbons (Fsp3) is 0.538. The predicted molar refractivity (Wildman–Crippen MR) is 68.9 cm³/mol. The molecule has 1 aromatic heterocycles. The first-order valence-electron chi connectivity index (χ1n) is 6.31. The van der Waals surface area contributed by atoms with E-state index in [1.165, 1.54) is 0 Å². The summed E-state index contributed by atoms with van der Waals surface area (Å²) in [4.78, 5) is 26.3. The van der Waals surface area contributed by atoms with Crippen molar-refractivity contribution in [3.63, 3.8) is 0 Å². The van der Waals surface area contributed by atoms with Crippen molar-refractivity contribution in [2.24, 2.45) is 5.41 Å². The first-order chi connectivity index (χ1) is 9.13. The van der Waals surface area contributed by atoms with Gasteiger partial charge in [0, 0.05) is 11.4 Å². The summed E-state index contributed by atoms with van der Waals surface area (Å²) >= 11 is 1.59. The molecule has 1 N–H and O–H groups in total. The van der Waals surface area contributed by atoms with Crippen LogP contribution in [0.3, 0.4) is 0 Å². The van der Waals surface area contributed by atoms with Gasteiger partial charge in [-0.2, -0.15) is 0 Å². The average molecular weight is 281 g/mol. The molecule has 1 atom stereocenters. The Morgan fingerprint density at radius 1 is 1.47 bits per heavy atom. The van der Waals surface area contributed by atoms with Gasteiger partial charge in [-0.3, -0.25) is 9.59 Å². The van der Waals surface area contributed by atoms with Crippen LogP contribution in [0.5, 0.6) is 0 Å². The molecule has 1 amide bonds. The van der Waals surface area contributed by atoms with E-state index in [1.54, 1.807) is 16.2 Å². The predicted octanol–water partition coefficient (Wildman–Crippen LogP) is 1.51. The Balaban J connectivity index is 1.72. The largest absolute Gasteiger partial charge is 0.480 e. The summed E-state index contributed by atoms with van der Waals surface area (Å²) in [6.07, 6.45) is 0.798. The minimum atomic E-state index is -1.14. The van der Waals surface area contributed by atoms with Crippen molar-refractivity contribution in [1.29, 1.82) is 0 Å². The van der Waals surface area contributed by atoms with Gasteiger partial charge in [-0.15, -0.1) is 11.3 Å². The highest BCUT2D eigenvalue weighted by molar-refractivity contribution is 7.10. The summed E-state index contributed by atoms with van der Waals surface area (Å²) in [5.74, 6) is -1.23. The Bertz CT molecular complexity index is 495. The summed E-state index contributed by atoms with van der Waals surface area (Å²) in [7, 11) is 0. The van der Waals surface area contributed by atoms with E-state index in [0.29, 0.717) is 32.5 Å². The summed E-state index contributed by atoms with van der Waals surface area (Å²) in [5, 5.41) is 11.1. The fourth-order valence-corrected chi connectivity index (χ4v) is 3.19. The van der Waals surface area contributed by atoms with Crippen LogP contribution in [0.25, 0.3) is 0 Å². The zero-order valence-electron chi connectivity index (χ0n) is 10.4. The van der Waals surface area contributed by atoms with Crippen molar-refractivity contribution in [1.82, 2.24) is 4.90 Å². The third-order valence-electron chi connectivity index (χ3n) is 3.78. The van der Waals surface area contributed by atoms with E-state index in [9.17, 15) is 14.7 Å². The molecule has 2 fully saturated rings. The summed E-state index contributed by atoms with van der Waals surface area (Å²) in [6.45, 7) is 1.40. The third kappa shape index (κ3) is 2.15. The molecule has 3 rings (SSSR count). The van der Waals surface area contributed by atoms with Crippen molar-refractivity contribution in [3.8, 4) is 0 Å². The number of rotatable bonds is 3. The molecule has 1 aromatic rings. The van der Waals surface area contributed by atoms with Gasteiger partial charge in [-0.25, -0.2) is 0 Å². The highest BCUT2D eigenvalue weighted by Crippen LogP contribution is 2.48. The quantitative estimate of drug-likeness (QED) is 0.853. The Morgan fingerprint density at radius 2 is 2.26 bits per heavy atom. The second kappa shape index (κ2) is 4.61. The zero-order chi connectivity index (χ0) is 13.5. The number of hydrogen-bond acceptors (Lipinski definition) is 4. The molecular weight excluding hydrogens is 266 g/mol. The van der Waals surface area contributed by atoms with E-state index in [4.69, 9.17) is 4.74 Å². The number of morpholine rings is 1. The number of nitrogens with zero attached hydrogens (tertiary/aromatic N) is 1. The normalized spacial score (nSPS) is 25.1. The topological polar surface area (TPSA) is 66.8 Å². The number of carboxylic acid groups (broad SMARTS) is 1. The molecule has 0 aromatic carbocycles. The zero-order valence-corrected chi connectivity index (χ0v) is 11.2. The molecule has 1 saturated carbocycles. The lowest BCUT2D eigenvalue weighted by atomic mass is 10.0. The number of carbonyl (C=O) groups excluding carboxylic acids is 1. The molecule has 5 nitrogen and oxygen atoms in total. The van der Waals surface area contributed by atoms with Gasteiger partial charge in [0.2, 0.25) is 5.91 Å². The van der Waals surface area contributed by atoms with Crippen molar-refractivity contribution in [2.75, 3.05) is 19.7 Å². The van der Waals surface area contributed by atoms with Crippen LogP contribution in [0, 0.1) is 5.41 Å². The molecule has 0 spiro atoms. The number of amides is 1. The van der Waals surface area contributed by atoms with E-state index in [-0.39, 0.29) is 12.0 Å². The molecule has 0 radical (unpaired) electrons. The van der Waals surface area contributed by atoms with Gasteiger partial charge in [-0.05, 0) is 24.3 Å². The molecule has 0 bridgehead atoms. The number of carboxylic acids is 1. The maximum atomic E-state index is 12.3. The van der Waals surface area contributed by atoms with Gasteiger partial charge in [0.1, 0.15) is 11.5 Å². The van der Waals surface area contributed by atoms with Crippen molar-refractivity contribution >= 4 is 23.2 Å². The number of aliphatic carboxylic acids is 1. The fourth-order valence-electron chi connectivity index (χ4n) is 2.43. The Morgan fingerprint density at radius 3 is 2.84 bits per heavy atom. The van der Waals surface area contributed by atoms with E-state index < -0.39 is 11.4 Å². The molecule has 2 aliphatic rings. The van der Waals surface area contributed by atoms with Crippen LogP contribution in [0.2, 0.25) is 0 Å². The third-order valence-corrected chi connectivity index (χ3v) is 4.75. The Kier molecular flexibility index (Phi) is 3.06. The summed E-state index contributed by atoms with van der Waals surface area (Å²) < 4.78 is 5.67. The maximum Gasteiger partial charge on any atom is 0.319 e. The first kappa shape index (κ1) is 12.6. The van der Waals surface area contributed by atoms with Crippen molar-refractivity contribution in [3.05, 3.63) is 22.4 Å². The number of ether oxygens (including phenoxy) is 1.